The van der Waals surface area contributed by atoms with Crippen molar-refractivity contribution in [3.05, 3.63) is 76.3 Å². The maximum atomic E-state index is 13.9. The third-order valence-electron chi connectivity index (χ3n) is 11.8. The summed E-state index contributed by atoms with van der Waals surface area (Å²) in [5.41, 5.74) is 3.06. The number of amides is 2. The maximum absolute atomic E-state index is 13.9. The normalized spacial score (nSPS) is 23.8. The van der Waals surface area contributed by atoms with E-state index in [1.54, 1.807) is 38.1 Å². The van der Waals surface area contributed by atoms with Gasteiger partial charge in [0.1, 0.15) is 24.0 Å². The number of carbonyl (C=O) groups excluding carboxylic acids is 4. The SMILES string of the molecule is COc1ccc(C[C@H]2NC(=O)C=CCC([C@H](C)C3OC3c3ccc(CO[Si](C(C)C)(C(C)C)C(C)C)cc3)OC(=O)[C@H](CC(C)C)OC(=O)C(C)(C)CNC2=O)cc1Cl. The van der Waals surface area contributed by atoms with Gasteiger partial charge in [0.05, 0.1) is 30.3 Å². The Morgan fingerprint density at radius 2 is 1.51 bits per heavy atom. The van der Waals surface area contributed by atoms with Gasteiger partial charge in [-0.05, 0) is 77.7 Å². The summed E-state index contributed by atoms with van der Waals surface area (Å²) < 4.78 is 30.4. The van der Waals surface area contributed by atoms with Gasteiger partial charge in [-0.2, -0.15) is 0 Å². The van der Waals surface area contributed by atoms with Crippen LogP contribution in [0.15, 0.2) is 54.6 Å². The zero-order chi connectivity index (χ0) is 43.8. The molecule has 1 saturated heterocycles. The lowest BCUT2D eigenvalue weighted by Gasteiger charge is -2.42. The largest absolute Gasteiger partial charge is 0.495 e. The van der Waals surface area contributed by atoms with Crippen molar-refractivity contribution in [1.29, 1.82) is 0 Å². The molecule has 2 aromatic carbocycles. The van der Waals surface area contributed by atoms with E-state index in [0.29, 0.717) is 39.6 Å². The Labute approximate surface area is 357 Å². The number of halogens is 1. The molecule has 0 aliphatic carbocycles. The molecule has 2 N–H and O–H groups in total. The number of ether oxygens (including phenoxy) is 4. The van der Waals surface area contributed by atoms with Crippen LogP contribution in [0.1, 0.15) is 112 Å². The first-order valence-corrected chi connectivity index (χ1v) is 23.6. The highest BCUT2D eigenvalue weighted by atomic mass is 35.5. The minimum absolute atomic E-state index is 0.00448. The zero-order valence-electron chi connectivity index (χ0n) is 37.1. The number of cyclic esters (lactones) is 2. The Morgan fingerprint density at radius 3 is 2.08 bits per heavy atom. The summed E-state index contributed by atoms with van der Waals surface area (Å²) in [5, 5.41) is 5.96. The molecule has 0 radical (unpaired) electrons. The molecule has 0 aromatic heterocycles. The standard InChI is InChI=1S/C46H67ClN2O9Si/c1-27(2)22-39-44(52)56-37(31(9)41-42(58-41)34-19-16-32(17-20-34)25-55-59(28(3)4,29(5)6)30(7)8)14-13-15-40(50)49-36(24-33-18-21-38(54-12)35(47)23-33)43(51)48-26-46(10,11)45(53)57-39/h13,15-21,23,27-31,36-37,39,41-42H,14,22,24-26H2,1-12H3,(H,48,51)(H,49,50)/t31-,36+,37?,39-,41?,42?/m0/s1. The number of hydrogen-bond donors (Lipinski definition) is 2. The molecule has 2 aliphatic rings. The maximum Gasteiger partial charge on any atom is 0.347 e. The van der Waals surface area contributed by atoms with Crippen LogP contribution in [-0.4, -0.2) is 70.1 Å². The lowest BCUT2D eigenvalue weighted by Crippen LogP contribution is -2.51. The van der Waals surface area contributed by atoms with Crippen molar-refractivity contribution < 1.29 is 42.6 Å². The van der Waals surface area contributed by atoms with Crippen LogP contribution in [0, 0.1) is 17.3 Å². The number of esters is 2. The van der Waals surface area contributed by atoms with Gasteiger partial charge in [-0.3, -0.25) is 14.4 Å². The average Bonchev–Trinajstić information content (AvgIpc) is 3.96. The van der Waals surface area contributed by atoms with Crippen molar-refractivity contribution in [3.63, 3.8) is 0 Å². The van der Waals surface area contributed by atoms with Crippen molar-refractivity contribution in [2.45, 2.75) is 149 Å². The van der Waals surface area contributed by atoms with Crippen LogP contribution in [-0.2, 0) is 50.8 Å². The third-order valence-corrected chi connectivity index (χ3v) is 18.1. The molecular weight excluding hydrogens is 788 g/mol. The second-order valence-corrected chi connectivity index (χ2v) is 24.1. The Hall–Kier alpha value is -3.71. The fourth-order valence-corrected chi connectivity index (χ4v) is 14.0. The molecule has 13 heteroatoms. The number of nitrogens with one attached hydrogen (secondary N) is 2. The molecule has 2 heterocycles. The first kappa shape index (κ1) is 48.0. The summed E-state index contributed by atoms with van der Waals surface area (Å²) in [5.74, 6) is -2.14. The van der Waals surface area contributed by atoms with E-state index in [0.717, 1.165) is 11.1 Å². The zero-order valence-corrected chi connectivity index (χ0v) is 38.8. The number of carbonyl (C=O) groups is 4. The highest BCUT2D eigenvalue weighted by Gasteiger charge is 2.48. The Kier molecular flexibility index (Phi) is 16.8. The third kappa shape index (κ3) is 12.4. The van der Waals surface area contributed by atoms with Gasteiger partial charge in [0, 0.05) is 25.3 Å². The van der Waals surface area contributed by atoms with E-state index in [1.807, 2.05) is 20.8 Å². The fourth-order valence-electron chi connectivity index (χ4n) is 8.33. The van der Waals surface area contributed by atoms with Gasteiger partial charge in [-0.25, -0.2) is 4.79 Å². The lowest BCUT2D eigenvalue weighted by molar-refractivity contribution is -0.179. The summed E-state index contributed by atoms with van der Waals surface area (Å²) in [6.45, 7) is 23.2. The van der Waals surface area contributed by atoms with Crippen LogP contribution in [0.5, 0.6) is 5.75 Å². The van der Waals surface area contributed by atoms with Gasteiger partial charge >= 0.3 is 11.9 Å². The van der Waals surface area contributed by atoms with Crippen LogP contribution in [0.2, 0.25) is 21.6 Å². The van der Waals surface area contributed by atoms with Gasteiger partial charge in [-0.1, -0.05) is 110 Å². The minimum Gasteiger partial charge on any atom is -0.495 e. The van der Waals surface area contributed by atoms with E-state index >= 15 is 0 Å². The Bertz CT molecular complexity index is 1770. The van der Waals surface area contributed by atoms with E-state index < -0.39 is 55.7 Å². The summed E-state index contributed by atoms with van der Waals surface area (Å²) in [7, 11) is -0.512. The molecule has 6 atom stereocenters. The van der Waals surface area contributed by atoms with Crippen LogP contribution in [0.3, 0.4) is 0 Å². The van der Waals surface area contributed by atoms with E-state index in [2.05, 4.69) is 76.4 Å². The highest BCUT2D eigenvalue weighted by Crippen LogP contribution is 2.46. The van der Waals surface area contributed by atoms with Crippen molar-refractivity contribution in [1.82, 2.24) is 10.6 Å². The Morgan fingerprint density at radius 1 is 0.881 bits per heavy atom. The van der Waals surface area contributed by atoms with Crippen molar-refractivity contribution in [3.8, 4) is 5.75 Å². The van der Waals surface area contributed by atoms with Crippen molar-refractivity contribution in [2.24, 2.45) is 17.3 Å². The summed E-state index contributed by atoms with van der Waals surface area (Å²) in [6.07, 6.45) is 1.15. The lowest BCUT2D eigenvalue weighted by atomic mass is 9.92. The van der Waals surface area contributed by atoms with Gasteiger partial charge in [0.25, 0.3) is 0 Å². The van der Waals surface area contributed by atoms with Gasteiger partial charge < -0.3 is 34.0 Å². The molecule has 1 fully saturated rings. The van der Waals surface area contributed by atoms with E-state index in [-0.39, 0.29) is 49.9 Å². The van der Waals surface area contributed by atoms with Crippen molar-refractivity contribution >= 4 is 43.7 Å². The van der Waals surface area contributed by atoms with Gasteiger partial charge in [-0.15, -0.1) is 0 Å². The second kappa shape index (κ2) is 20.7. The summed E-state index contributed by atoms with van der Waals surface area (Å²) in [4.78, 5) is 54.4. The molecule has 11 nitrogen and oxygen atoms in total. The van der Waals surface area contributed by atoms with Gasteiger partial charge in [0.15, 0.2) is 6.10 Å². The van der Waals surface area contributed by atoms with Crippen LogP contribution in [0.25, 0.3) is 0 Å². The highest BCUT2D eigenvalue weighted by molar-refractivity contribution is 6.77. The quantitative estimate of drug-likeness (QED) is 0.108. The predicted octanol–water partition coefficient (Wildman–Crippen LogP) is 8.82. The molecule has 0 spiro atoms. The smallest absolute Gasteiger partial charge is 0.347 e. The minimum atomic E-state index is -2.02. The first-order chi connectivity index (χ1) is 27.7. The van der Waals surface area contributed by atoms with E-state index in [9.17, 15) is 19.2 Å². The average molecular weight is 856 g/mol. The monoisotopic (exact) mass is 854 g/mol. The molecule has 3 unspecified atom stereocenters. The van der Waals surface area contributed by atoms with E-state index in [4.69, 9.17) is 35.0 Å². The van der Waals surface area contributed by atoms with Gasteiger partial charge in [0.2, 0.25) is 20.1 Å². The summed E-state index contributed by atoms with van der Waals surface area (Å²) >= 11 is 6.37. The molecule has 2 aliphatic heterocycles. The van der Waals surface area contributed by atoms with Crippen LogP contribution < -0.4 is 15.4 Å². The molecule has 0 bridgehead atoms. The molecule has 2 aromatic rings. The van der Waals surface area contributed by atoms with Crippen LogP contribution >= 0.6 is 11.6 Å². The number of rotatable bonds is 14. The molecule has 4 rings (SSSR count). The molecule has 2 amide bonds. The molecule has 59 heavy (non-hydrogen) atoms. The van der Waals surface area contributed by atoms with E-state index in [1.165, 1.54) is 13.2 Å². The number of benzene rings is 2. The second-order valence-electron chi connectivity index (χ2n) is 18.2. The number of methoxy groups -OCH3 is 1. The first-order valence-electron chi connectivity index (χ1n) is 21.1. The number of epoxide rings is 1. The molecule has 326 valence electrons. The van der Waals surface area contributed by atoms with Crippen LogP contribution in [0.4, 0.5) is 0 Å². The molecule has 0 saturated carbocycles. The number of hydrogen-bond acceptors (Lipinski definition) is 9. The fraction of sp³-hybridized carbons (Fsp3) is 0.609. The predicted molar refractivity (Wildman–Crippen MR) is 232 cm³/mol. The molecular formula is C46H67ClN2O9Si. The van der Waals surface area contributed by atoms with Crippen molar-refractivity contribution in [2.75, 3.05) is 13.7 Å². The topological polar surface area (TPSA) is 142 Å². The summed E-state index contributed by atoms with van der Waals surface area (Å²) in [6, 6.07) is 12.5. The Balaban J connectivity index is 1.56.